The molecule has 0 radical (unpaired) electrons. The second-order valence-electron chi connectivity index (χ2n) is 6.63. The summed E-state index contributed by atoms with van der Waals surface area (Å²) in [7, 11) is 0. The summed E-state index contributed by atoms with van der Waals surface area (Å²) >= 11 is 1.00. The molecule has 0 bridgehead atoms. The van der Waals surface area contributed by atoms with Crippen LogP contribution in [0.2, 0.25) is 0 Å². The topological polar surface area (TPSA) is 116 Å². The summed E-state index contributed by atoms with van der Waals surface area (Å²) in [6.45, 7) is 0.117. The minimum Gasteiger partial charge on any atom is -0.545 e. The molecule has 1 N–H and O–H groups in total. The molecule has 31 heavy (non-hydrogen) atoms. The molecule has 0 unspecified atom stereocenters. The van der Waals surface area contributed by atoms with Crippen molar-refractivity contribution in [3.05, 3.63) is 70.8 Å². The Morgan fingerprint density at radius 2 is 1.90 bits per heavy atom. The third-order valence-electron chi connectivity index (χ3n) is 4.75. The first kappa shape index (κ1) is 19.0. The summed E-state index contributed by atoms with van der Waals surface area (Å²) < 4.78 is 16.4. The number of carbonyl (C=O) groups is 2. The number of aromatic carboxylic acids is 1. The molecule has 3 aromatic rings. The second-order valence-corrected chi connectivity index (χ2v) is 7.66. The fourth-order valence-corrected chi connectivity index (χ4v) is 4.17. The number of hydrogen-bond acceptors (Lipinski definition) is 8. The van der Waals surface area contributed by atoms with Crippen molar-refractivity contribution in [2.45, 2.75) is 0 Å². The zero-order chi connectivity index (χ0) is 21.5. The summed E-state index contributed by atoms with van der Waals surface area (Å²) in [5.74, 6) is 0.125. The van der Waals surface area contributed by atoms with Gasteiger partial charge >= 0.3 is 0 Å². The molecular weight excluding hydrogens is 420 g/mol. The molecule has 0 saturated carbocycles. The van der Waals surface area contributed by atoms with E-state index >= 15 is 0 Å². The molecule has 3 heterocycles. The lowest BCUT2D eigenvalue weighted by Gasteiger charge is -2.14. The molecule has 5 rings (SSSR count). The number of ether oxygens (including phenoxy) is 2. The number of anilines is 1. The summed E-state index contributed by atoms with van der Waals surface area (Å²) in [6.07, 6.45) is 1.53. The van der Waals surface area contributed by atoms with Gasteiger partial charge in [0, 0.05) is 23.3 Å². The van der Waals surface area contributed by atoms with Crippen molar-refractivity contribution in [1.29, 1.82) is 5.41 Å². The van der Waals surface area contributed by atoms with Gasteiger partial charge in [0.2, 0.25) is 6.79 Å². The highest BCUT2D eigenvalue weighted by atomic mass is 32.2. The van der Waals surface area contributed by atoms with Gasteiger partial charge in [-0.05, 0) is 36.0 Å². The minimum absolute atomic E-state index is 0.0122. The molecule has 2 aliphatic rings. The molecule has 1 saturated heterocycles. The Labute approximate surface area is 180 Å². The van der Waals surface area contributed by atoms with E-state index in [0.29, 0.717) is 39.2 Å². The number of amidine groups is 1. The van der Waals surface area contributed by atoms with Crippen LogP contribution in [0.4, 0.5) is 5.69 Å². The number of furan rings is 1. The van der Waals surface area contributed by atoms with Crippen LogP contribution in [0.15, 0.2) is 63.9 Å². The van der Waals surface area contributed by atoms with Gasteiger partial charge in [-0.15, -0.1) is 0 Å². The highest BCUT2D eigenvalue weighted by Gasteiger charge is 2.34. The van der Waals surface area contributed by atoms with Crippen molar-refractivity contribution < 1.29 is 28.6 Å². The first-order chi connectivity index (χ1) is 15.0. The fraction of sp³-hybridized carbons (Fsp3) is 0.0455. The number of carboxylic acids is 1. The van der Waals surface area contributed by atoms with Crippen LogP contribution in [0.25, 0.3) is 17.4 Å². The first-order valence-electron chi connectivity index (χ1n) is 9.14. The number of fused-ring (bicyclic) bond motifs is 1. The van der Waals surface area contributed by atoms with Crippen molar-refractivity contribution in [1.82, 2.24) is 0 Å². The van der Waals surface area contributed by atoms with Gasteiger partial charge in [0.25, 0.3) is 5.91 Å². The third-order valence-corrected chi connectivity index (χ3v) is 5.64. The number of nitrogens with zero attached hydrogens (tertiary/aromatic N) is 1. The maximum Gasteiger partial charge on any atom is 0.271 e. The van der Waals surface area contributed by atoms with Crippen LogP contribution < -0.4 is 19.5 Å². The number of amides is 1. The largest absolute Gasteiger partial charge is 0.545 e. The number of nitrogens with one attached hydrogen (secondary N) is 1. The van der Waals surface area contributed by atoms with Crippen LogP contribution in [0, 0.1) is 5.41 Å². The van der Waals surface area contributed by atoms with Crippen LogP contribution in [-0.2, 0) is 4.79 Å². The van der Waals surface area contributed by atoms with Crippen molar-refractivity contribution >= 4 is 40.6 Å². The van der Waals surface area contributed by atoms with E-state index in [0.717, 1.165) is 11.8 Å². The standard InChI is InChI=1S/C22H14N2O6S/c23-22-24(12-5-7-17-18(9-12)29-11-28-17)20(25)19(31-22)10-13-6-8-16(30-13)14-3-1-2-4-15(14)21(26)27/h1-10,23H,11H2,(H,26,27)/p-1/b19-10-,23-22?. The predicted molar refractivity (Wildman–Crippen MR) is 112 cm³/mol. The van der Waals surface area contributed by atoms with Crippen LogP contribution >= 0.6 is 11.8 Å². The molecule has 0 aliphatic carbocycles. The molecule has 0 spiro atoms. The smallest absolute Gasteiger partial charge is 0.271 e. The van der Waals surface area contributed by atoms with Gasteiger partial charge in [0.05, 0.1) is 16.6 Å². The Hall–Kier alpha value is -3.98. The Balaban J connectivity index is 1.43. The minimum atomic E-state index is -1.30. The van der Waals surface area contributed by atoms with E-state index in [1.165, 1.54) is 17.0 Å². The lowest BCUT2D eigenvalue weighted by Crippen LogP contribution is -2.28. The zero-order valence-corrected chi connectivity index (χ0v) is 16.6. The first-order valence-corrected chi connectivity index (χ1v) is 9.96. The third kappa shape index (κ3) is 3.34. The number of rotatable bonds is 4. The second kappa shape index (κ2) is 7.37. The monoisotopic (exact) mass is 433 g/mol. The number of carboxylic acid groups (broad SMARTS) is 1. The van der Waals surface area contributed by atoms with Crippen molar-refractivity contribution in [3.63, 3.8) is 0 Å². The Kier molecular flexibility index (Phi) is 4.52. The SMILES string of the molecule is N=C1S/C(=C\c2ccc(-c3ccccc3C(=O)[O-])o2)C(=O)N1c1ccc2c(c1)OCO2. The molecule has 0 atom stereocenters. The number of carbonyl (C=O) groups excluding carboxylic acids is 2. The van der Waals surface area contributed by atoms with Crippen molar-refractivity contribution in [3.8, 4) is 22.8 Å². The average molecular weight is 433 g/mol. The normalized spacial score (nSPS) is 16.4. The summed E-state index contributed by atoms with van der Waals surface area (Å²) in [4.78, 5) is 25.9. The van der Waals surface area contributed by atoms with Gasteiger partial charge in [0.15, 0.2) is 16.7 Å². The fourth-order valence-electron chi connectivity index (χ4n) is 3.33. The molecule has 8 nitrogen and oxygen atoms in total. The highest BCUT2D eigenvalue weighted by Crippen LogP contribution is 2.40. The van der Waals surface area contributed by atoms with E-state index in [9.17, 15) is 14.7 Å². The van der Waals surface area contributed by atoms with Crippen molar-refractivity contribution in [2.24, 2.45) is 0 Å². The number of hydrogen-bond donors (Lipinski definition) is 1. The average Bonchev–Trinajstić information content (AvgIpc) is 3.47. The van der Waals surface area contributed by atoms with Crippen LogP contribution in [-0.4, -0.2) is 23.8 Å². The van der Waals surface area contributed by atoms with Gasteiger partial charge in [-0.1, -0.05) is 24.3 Å². The van der Waals surface area contributed by atoms with E-state index in [-0.39, 0.29) is 23.4 Å². The molecular formula is C22H13N2O6S-. The Bertz CT molecular complexity index is 1280. The van der Waals surface area contributed by atoms with E-state index in [1.807, 2.05) is 0 Å². The van der Waals surface area contributed by atoms with Crippen LogP contribution in [0.3, 0.4) is 0 Å². The predicted octanol–water partition coefficient (Wildman–Crippen LogP) is 3.09. The van der Waals surface area contributed by atoms with Gasteiger partial charge in [0.1, 0.15) is 11.5 Å². The summed E-state index contributed by atoms with van der Waals surface area (Å²) in [5, 5.41) is 19.6. The lowest BCUT2D eigenvalue weighted by molar-refractivity contribution is -0.254. The van der Waals surface area contributed by atoms with E-state index < -0.39 is 5.97 Å². The molecule has 2 aromatic carbocycles. The van der Waals surface area contributed by atoms with Gasteiger partial charge < -0.3 is 23.8 Å². The van der Waals surface area contributed by atoms with E-state index in [1.54, 1.807) is 48.5 Å². The van der Waals surface area contributed by atoms with Crippen molar-refractivity contribution in [2.75, 3.05) is 11.7 Å². The maximum atomic E-state index is 12.9. The number of thioether (sulfide) groups is 1. The maximum absolute atomic E-state index is 12.9. The van der Waals surface area contributed by atoms with E-state index in [4.69, 9.17) is 19.3 Å². The van der Waals surface area contributed by atoms with Crippen LogP contribution in [0.5, 0.6) is 11.5 Å². The van der Waals surface area contributed by atoms with Crippen LogP contribution in [0.1, 0.15) is 16.1 Å². The Morgan fingerprint density at radius 3 is 2.74 bits per heavy atom. The number of benzene rings is 2. The lowest BCUT2D eigenvalue weighted by atomic mass is 10.1. The van der Waals surface area contributed by atoms with E-state index in [2.05, 4.69) is 0 Å². The molecule has 154 valence electrons. The van der Waals surface area contributed by atoms with Gasteiger partial charge in [-0.25, -0.2) is 0 Å². The molecule has 1 fully saturated rings. The molecule has 1 amide bonds. The van der Waals surface area contributed by atoms with Gasteiger partial charge in [-0.2, -0.15) is 0 Å². The molecule has 1 aromatic heterocycles. The van der Waals surface area contributed by atoms with Gasteiger partial charge in [-0.3, -0.25) is 15.1 Å². The highest BCUT2D eigenvalue weighted by molar-refractivity contribution is 8.19. The quantitative estimate of drug-likeness (QED) is 0.629. The molecule has 2 aliphatic heterocycles. The zero-order valence-electron chi connectivity index (χ0n) is 15.8. The Morgan fingerprint density at radius 1 is 1.10 bits per heavy atom. The molecule has 9 heteroatoms. The summed E-state index contributed by atoms with van der Waals surface area (Å²) in [6, 6.07) is 14.6. The summed E-state index contributed by atoms with van der Waals surface area (Å²) in [5.41, 5.74) is 0.892.